The Kier molecular flexibility index (Phi) is 7.52. The minimum atomic E-state index is -0.533. The van der Waals surface area contributed by atoms with Crippen LogP contribution in [0.15, 0.2) is 50.7 Å². The van der Waals surface area contributed by atoms with Gasteiger partial charge in [0.1, 0.15) is 5.76 Å². The summed E-state index contributed by atoms with van der Waals surface area (Å²) in [5.74, 6) is 0.738. The molecule has 0 spiro atoms. The van der Waals surface area contributed by atoms with Gasteiger partial charge in [0.25, 0.3) is 0 Å². The third-order valence-electron chi connectivity index (χ3n) is 10.1. The number of ether oxygens (including phenoxy) is 1. The van der Waals surface area contributed by atoms with Crippen LogP contribution in [-0.4, -0.2) is 29.6 Å². The van der Waals surface area contributed by atoms with E-state index in [-0.39, 0.29) is 46.7 Å². The van der Waals surface area contributed by atoms with E-state index in [0.29, 0.717) is 24.2 Å². The molecular weight excluding hydrogens is 480 g/mol. The van der Waals surface area contributed by atoms with Crippen LogP contribution in [0, 0.1) is 35.0 Å². The van der Waals surface area contributed by atoms with Crippen molar-refractivity contribution in [1.29, 1.82) is 0 Å². The first-order valence-corrected chi connectivity index (χ1v) is 13.8. The molecule has 6 nitrogen and oxygen atoms in total. The van der Waals surface area contributed by atoms with E-state index < -0.39 is 11.5 Å². The molecule has 0 saturated heterocycles. The fourth-order valence-electron chi connectivity index (χ4n) is 8.05. The van der Waals surface area contributed by atoms with Crippen molar-refractivity contribution in [2.45, 2.75) is 86.7 Å². The number of carbonyl (C=O) groups excluding carboxylic acids is 2. The fourth-order valence-corrected chi connectivity index (χ4v) is 8.05. The number of allylic oxidation sites excluding steroid dienone is 6. The van der Waals surface area contributed by atoms with Gasteiger partial charge >= 0.3 is 11.6 Å². The van der Waals surface area contributed by atoms with Crippen LogP contribution >= 0.6 is 0 Å². The number of Topliss-reactive ketones (excluding diaryl/α,β-unsaturated/α-hetero) is 1. The molecule has 1 N–H and O–H groups in total. The van der Waals surface area contributed by atoms with Crippen LogP contribution < -0.4 is 5.63 Å². The highest BCUT2D eigenvalue weighted by Gasteiger charge is 2.65. The van der Waals surface area contributed by atoms with E-state index in [0.717, 1.165) is 36.0 Å². The van der Waals surface area contributed by atoms with Crippen LogP contribution in [0.3, 0.4) is 0 Å². The maximum Gasteiger partial charge on any atom is 0.339 e. The molecule has 3 aliphatic rings. The van der Waals surface area contributed by atoms with E-state index in [1.165, 1.54) is 6.92 Å². The minimum absolute atomic E-state index is 0.137. The van der Waals surface area contributed by atoms with Gasteiger partial charge in [-0.05, 0) is 87.0 Å². The third-order valence-corrected chi connectivity index (χ3v) is 10.1. The highest BCUT2D eigenvalue weighted by molar-refractivity contribution is 6.00. The lowest BCUT2D eigenvalue weighted by Crippen LogP contribution is -2.60. The van der Waals surface area contributed by atoms with E-state index >= 15 is 0 Å². The first-order valence-electron chi connectivity index (χ1n) is 13.8. The van der Waals surface area contributed by atoms with Crippen molar-refractivity contribution >= 4 is 17.3 Å². The lowest BCUT2D eigenvalue weighted by Gasteiger charge is -2.62. The second kappa shape index (κ2) is 10.1. The maximum absolute atomic E-state index is 13.6. The summed E-state index contributed by atoms with van der Waals surface area (Å²) in [4.78, 5) is 37.0. The zero-order valence-corrected chi connectivity index (χ0v) is 23.8. The molecule has 3 aliphatic carbocycles. The molecule has 0 bridgehead atoms. The van der Waals surface area contributed by atoms with Gasteiger partial charge in [0, 0.05) is 35.3 Å². The van der Waals surface area contributed by atoms with Crippen molar-refractivity contribution < 1.29 is 23.8 Å². The first kappa shape index (κ1) is 28.3. The topological polar surface area (TPSA) is 93.8 Å². The number of esters is 1. The smallest absolute Gasteiger partial charge is 0.339 e. The predicted octanol–water partition coefficient (Wildman–Crippen LogP) is 5.96. The molecule has 6 heteroatoms. The van der Waals surface area contributed by atoms with Gasteiger partial charge < -0.3 is 14.3 Å². The monoisotopic (exact) mass is 522 g/mol. The summed E-state index contributed by atoms with van der Waals surface area (Å²) in [6, 6.07) is 3.55. The Balaban J connectivity index is 1.63. The Morgan fingerprint density at radius 1 is 1.11 bits per heavy atom. The van der Waals surface area contributed by atoms with Crippen LogP contribution in [0.1, 0.15) is 85.0 Å². The van der Waals surface area contributed by atoms with Gasteiger partial charge in [-0.15, -0.1) is 0 Å². The normalized spacial score (nSPS) is 36.7. The Hall–Kier alpha value is -2.73. The molecule has 3 fully saturated rings. The number of fused-ring (bicyclic) bond motifs is 3. The second-order valence-corrected chi connectivity index (χ2v) is 12.6. The lowest BCUT2D eigenvalue weighted by atomic mass is 9.43. The van der Waals surface area contributed by atoms with Crippen LogP contribution in [-0.2, 0) is 14.3 Å². The fraction of sp³-hybridized carbons (Fsp3) is 0.594. The standard InChI is InChI=1S/C32H42O6/c1-19(24-12-11-21(3)29(36)38-24)9-8-10-20(2)28-23(34)17-26-30(5)16-14-27(35)32(7,18-37-22(4)33)25(30)13-15-31(26,28)6/h8-12,25-27,35H,13-18H2,1-7H3/b10-8+,19-9+,28-20+/t25-,26+,27+,30+,31+,32-/m1/s1. The van der Waals surface area contributed by atoms with Gasteiger partial charge in [0.05, 0.1) is 12.7 Å². The number of aliphatic hydroxyl groups excluding tert-OH is 1. The third kappa shape index (κ3) is 4.66. The molecule has 1 aromatic heterocycles. The van der Waals surface area contributed by atoms with Gasteiger partial charge in [0.2, 0.25) is 0 Å². The van der Waals surface area contributed by atoms with E-state index in [1.54, 1.807) is 19.1 Å². The molecule has 0 amide bonds. The zero-order valence-electron chi connectivity index (χ0n) is 23.8. The summed E-state index contributed by atoms with van der Waals surface area (Å²) < 4.78 is 10.8. The van der Waals surface area contributed by atoms with Gasteiger partial charge in [-0.1, -0.05) is 39.0 Å². The molecule has 0 aliphatic heterocycles. The number of ketones is 1. The van der Waals surface area contributed by atoms with Crippen molar-refractivity contribution in [3.05, 3.63) is 63.3 Å². The Morgan fingerprint density at radius 3 is 2.47 bits per heavy atom. The molecule has 206 valence electrons. The predicted molar refractivity (Wildman–Crippen MR) is 147 cm³/mol. The highest BCUT2D eigenvalue weighted by atomic mass is 16.5. The molecule has 6 atom stereocenters. The van der Waals surface area contributed by atoms with Crippen molar-refractivity contribution in [3.8, 4) is 0 Å². The van der Waals surface area contributed by atoms with E-state index in [1.807, 2.05) is 32.1 Å². The van der Waals surface area contributed by atoms with Crippen molar-refractivity contribution in [2.24, 2.45) is 28.1 Å². The highest BCUT2D eigenvalue weighted by Crippen LogP contribution is 2.69. The summed E-state index contributed by atoms with van der Waals surface area (Å²) in [7, 11) is 0. The summed E-state index contributed by atoms with van der Waals surface area (Å²) in [6.07, 6.45) is 9.01. The summed E-state index contributed by atoms with van der Waals surface area (Å²) in [5.41, 5.74) is 2.04. The van der Waals surface area contributed by atoms with Crippen molar-refractivity contribution in [1.82, 2.24) is 0 Å². The zero-order chi connectivity index (χ0) is 28.0. The average molecular weight is 523 g/mol. The Bertz CT molecular complexity index is 1280. The molecule has 4 rings (SSSR count). The van der Waals surface area contributed by atoms with Crippen molar-refractivity contribution in [3.63, 3.8) is 0 Å². The molecule has 1 aromatic rings. The first-order chi connectivity index (χ1) is 17.7. The SMILES string of the molecule is CC(=O)OC[C@]1(C)[C@@H]2CC[C@]3(C)/C(=C(C)/C=C/C=C(\C)c4ccc(C)c(=O)o4)C(=O)C[C@H]3[C@@]2(C)CC[C@@H]1O. The van der Waals surface area contributed by atoms with Crippen LogP contribution in [0.25, 0.3) is 5.57 Å². The maximum atomic E-state index is 13.6. The molecule has 3 saturated carbocycles. The number of rotatable bonds is 5. The average Bonchev–Trinajstić information content (AvgIpc) is 3.13. The van der Waals surface area contributed by atoms with Crippen LogP contribution in [0.4, 0.5) is 0 Å². The Labute approximate surface area is 225 Å². The molecule has 0 unspecified atom stereocenters. The quantitative estimate of drug-likeness (QED) is 0.291. The largest absolute Gasteiger partial charge is 0.465 e. The van der Waals surface area contributed by atoms with E-state index in [2.05, 4.69) is 20.8 Å². The molecule has 38 heavy (non-hydrogen) atoms. The molecule has 1 heterocycles. The Morgan fingerprint density at radius 2 is 1.82 bits per heavy atom. The lowest BCUT2D eigenvalue weighted by molar-refractivity contribution is -0.189. The summed E-state index contributed by atoms with van der Waals surface area (Å²) in [5, 5.41) is 11.0. The molecular formula is C32H42O6. The number of aliphatic hydroxyl groups is 1. The van der Waals surface area contributed by atoms with Crippen molar-refractivity contribution in [2.75, 3.05) is 6.61 Å². The van der Waals surface area contributed by atoms with Gasteiger partial charge in [-0.3, -0.25) is 9.59 Å². The summed E-state index contributed by atoms with van der Waals surface area (Å²) in [6.45, 7) is 13.8. The molecule has 0 aromatic carbocycles. The number of aryl methyl sites for hydroxylation is 1. The van der Waals surface area contributed by atoms with Crippen LogP contribution in [0.5, 0.6) is 0 Å². The second-order valence-electron chi connectivity index (χ2n) is 12.6. The van der Waals surface area contributed by atoms with Crippen LogP contribution in [0.2, 0.25) is 0 Å². The minimum Gasteiger partial charge on any atom is -0.465 e. The van der Waals surface area contributed by atoms with Gasteiger partial charge in [-0.25, -0.2) is 4.79 Å². The van der Waals surface area contributed by atoms with Gasteiger partial charge in [-0.2, -0.15) is 0 Å². The number of carbonyl (C=O) groups is 2. The van der Waals surface area contributed by atoms with E-state index in [9.17, 15) is 19.5 Å². The molecule has 0 radical (unpaired) electrons. The van der Waals surface area contributed by atoms with E-state index in [4.69, 9.17) is 9.15 Å². The van der Waals surface area contributed by atoms with Gasteiger partial charge in [0.15, 0.2) is 5.78 Å². The summed E-state index contributed by atoms with van der Waals surface area (Å²) >= 11 is 0. The number of hydrogen-bond donors (Lipinski definition) is 1. The number of hydrogen-bond acceptors (Lipinski definition) is 6.